The minimum absolute atomic E-state index is 0.295. The monoisotopic (exact) mass is 296 g/mol. The molecule has 1 rings (SSSR count). The largest absolute Gasteiger partial charge is 0.463 e. The van der Waals surface area contributed by atoms with Crippen molar-refractivity contribution < 1.29 is 4.74 Å². The molecule has 1 atom stereocenters. The van der Waals surface area contributed by atoms with E-state index < -0.39 is 0 Å². The van der Waals surface area contributed by atoms with Gasteiger partial charge < -0.3 is 10.1 Å². The van der Waals surface area contributed by atoms with Crippen LogP contribution in [0, 0.1) is 5.92 Å². The van der Waals surface area contributed by atoms with Crippen molar-refractivity contribution in [2.75, 3.05) is 23.9 Å². The number of rotatable bonds is 11. The molecule has 0 aliphatic heterocycles. The molecule has 0 amide bonds. The van der Waals surface area contributed by atoms with Crippen LogP contribution in [0.5, 0.6) is 6.01 Å². The standard InChI is InChI=1S/C14H28N6O/c1-4-7-8-11(6-3)10-16-12-17-13(20-15)19-14(18-12)21-9-5-2/h11H,4-10,15H2,1-3H3,(H2,16,17,18,19,20). The molecule has 0 saturated carbocycles. The molecule has 0 radical (unpaired) electrons. The highest BCUT2D eigenvalue weighted by molar-refractivity contribution is 5.34. The molecule has 0 bridgehead atoms. The van der Waals surface area contributed by atoms with Crippen LogP contribution in [0.2, 0.25) is 0 Å². The topological polar surface area (TPSA) is 98.0 Å². The molecule has 7 nitrogen and oxygen atoms in total. The maximum atomic E-state index is 5.44. The molecule has 0 aliphatic carbocycles. The third kappa shape index (κ3) is 6.57. The Morgan fingerprint density at radius 3 is 2.48 bits per heavy atom. The average Bonchev–Trinajstić information content (AvgIpc) is 2.52. The van der Waals surface area contributed by atoms with E-state index in [4.69, 9.17) is 10.6 Å². The number of hydrazine groups is 1. The summed E-state index contributed by atoms with van der Waals surface area (Å²) >= 11 is 0. The highest BCUT2D eigenvalue weighted by Gasteiger charge is 2.10. The Labute approximate surface area is 127 Å². The summed E-state index contributed by atoms with van der Waals surface area (Å²) < 4.78 is 5.44. The predicted molar refractivity (Wildman–Crippen MR) is 85.2 cm³/mol. The summed E-state index contributed by atoms with van der Waals surface area (Å²) in [4.78, 5) is 12.5. The van der Waals surface area contributed by atoms with Crippen LogP contribution in [0.4, 0.5) is 11.9 Å². The average molecular weight is 296 g/mol. The van der Waals surface area contributed by atoms with Crippen LogP contribution >= 0.6 is 0 Å². The fraction of sp³-hybridized carbons (Fsp3) is 0.786. The number of anilines is 2. The van der Waals surface area contributed by atoms with E-state index >= 15 is 0 Å². The van der Waals surface area contributed by atoms with Crippen LogP contribution in [-0.2, 0) is 0 Å². The molecular formula is C14H28N6O. The van der Waals surface area contributed by atoms with E-state index in [0.29, 0.717) is 30.4 Å². The first-order chi connectivity index (χ1) is 10.2. The smallest absolute Gasteiger partial charge is 0.323 e. The lowest BCUT2D eigenvalue weighted by molar-refractivity contribution is 0.292. The second kappa shape index (κ2) is 10.1. The van der Waals surface area contributed by atoms with Crippen molar-refractivity contribution in [2.24, 2.45) is 11.8 Å². The zero-order chi connectivity index (χ0) is 15.5. The van der Waals surface area contributed by atoms with Crippen LogP contribution in [0.15, 0.2) is 0 Å². The molecular weight excluding hydrogens is 268 g/mol. The van der Waals surface area contributed by atoms with Gasteiger partial charge in [0.25, 0.3) is 0 Å². The highest BCUT2D eigenvalue weighted by atomic mass is 16.5. The summed E-state index contributed by atoms with van der Waals surface area (Å²) in [5.41, 5.74) is 2.44. The summed E-state index contributed by atoms with van der Waals surface area (Å²) in [6, 6.07) is 0.295. The third-order valence-electron chi connectivity index (χ3n) is 3.27. The Bertz CT molecular complexity index is 401. The number of nitrogen functional groups attached to an aromatic ring is 1. The summed E-state index contributed by atoms with van der Waals surface area (Å²) in [6.07, 6.45) is 5.72. The van der Waals surface area contributed by atoms with Gasteiger partial charge in [-0.1, -0.05) is 40.0 Å². The summed E-state index contributed by atoms with van der Waals surface area (Å²) in [5.74, 6) is 6.80. The first kappa shape index (κ1) is 17.4. The molecule has 7 heteroatoms. The first-order valence-electron chi connectivity index (χ1n) is 7.82. The lowest BCUT2D eigenvalue weighted by Gasteiger charge is -2.15. The van der Waals surface area contributed by atoms with Crippen molar-refractivity contribution in [3.05, 3.63) is 0 Å². The Kier molecular flexibility index (Phi) is 8.42. The number of nitrogens with two attached hydrogens (primary N) is 1. The normalized spacial score (nSPS) is 12.0. The van der Waals surface area contributed by atoms with Crippen LogP contribution in [-0.4, -0.2) is 28.1 Å². The van der Waals surface area contributed by atoms with Crippen LogP contribution in [0.25, 0.3) is 0 Å². The molecule has 0 aliphatic rings. The van der Waals surface area contributed by atoms with E-state index in [9.17, 15) is 0 Å². The molecule has 0 spiro atoms. The van der Waals surface area contributed by atoms with Gasteiger partial charge in [-0.3, -0.25) is 5.43 Å². The van der Waals surface area contributed by atoms with Crippen molar-refractivity contribution in [2.45, 2.75) is 52.9 Å². The second-order valence-electron chi connectivity index (χ2n) is 5.06. The molecule has 21 heavy (non-hydrogen) atoms. The van der Waals surface area contributed by atoms with Crippen molar-refractivity contribution >= 4 is 11.9 Å². The fourth-order valence-electron chi connectivity index (χ4n) is 1.94. The van der Waals surface area contributed by atoms with Gasteiger partial charge in [0.1, 0.15) is 0 Å². The quantitative estimate of drug-likeness (QED) is 0.426. The predicted octanol–water partition coefficient (Wildman–Crippen LogP) is 2.57. The number of hydrogen-bond acceptors (Lipinski definition) is 7. The van der Waals surface area contributed by atoms with Gasteiger partial charge in [-0.25, -0.2) is 5.84 Å². The summed E-state index contributed by atoms with van der Waals surface area (Å²) in [5, 5.41) is 3.26. The van der Waals surface area contributed by atoms with E-state index in [2.05, 4.69) is 39.5 Å². The van der Waals surface area contributed by atoms with Crippen LogP contribution < -0.4 is 21.3 Å². The number of nitrogens with one attached hydrogen (secondary N) is 2. The molecule has 1 unspecified atom stereocenters. The Morgan fingerprint density at radius 2 is 1.86 bits per heavy atom. The fourth-order valence-corrected chi connectivity index (χ4v) is 1.94. The molecule has 4 N–H and O–H groups in total. The second-order valence-corrected chi connectivity index (χ2v) is 5.06. The Morgan fingerprint density at radius 1 is 1.10 bits per heavy atom. The van der Waals surface area contributed by atoms with Crippen LogP contribution in [0.3, 0.4) is 0 Å². The van der Waals surface area contributed by atoms with Gasteiger partial charge in [0.05, 0.1) is 6.61 Å². The first-order valence-corrected chi connectivity index (χ1v) is 7.82. The van der Waals surface area contributed by atoms with Crippen molar-refractivity contribution in [1.29, 1.82) is 0 Å². The maximum absolute atomic E-state index is 5.44. The van der Waals surface area contributed by atoms with Crippen molar-refractivity contribution in [1.82, 2.24) is 15.0 Å². The van der Waals surface area contributed by atoms with Crippen molar-refractivity contribution in [3.63, 3.8) is 0 Å². The molecule has 0 saturated heterocycles. The molecule has 120 valence electrons. The molecule has 1 heterocycles. The maximum Gasteiger partial charge on any atom is 0.323 e. The Hall–Kier alpha value is -1.63. The molecule has 1 aromatic heterocycles. The van der Waals surface area contributed by atoms with E-state index in [1.165, 1.54) is 19.3 Å². The summed E-state index contributed by atoms with van der Waals surface area (Å²) in [7, 11) is 0. The highest BCUT2D eigenvalue weighted by Crippen LogP contribution is 2.15. The number of unbranched alkanes of at least 4 members (excludes halogenated alkanes) is 1. The van der Waals surface area contributed by atoms with E-state index in [-0.39, 0.29) is 0 Å². The van der Waals surface area contributed by atoms with E-state index in [1.54, 1.807) is 0 Å². The zero-order valence-corrected chi connectivity index (χ0v) is 13.4. The third-order valence-corrected chi connectivity index (χ3v) is 3.27. The van der Waals surface area contributed by atoms with Gasteiger partial charge in [0.2, 0.25) is 11.9 Å². The summed E-state index contributed by atoms with van der Waals surface area (Å²) in [6.45, 7) is 7.86. The molecule has 1 aromatic rings. The van der Waals surface area contributed by atoms with Crippen LogP contribution in [0.1, 0.15) is 52.9 Å². The zero-order valence-electron chi connectivity index (χ0n) is 13.4. The number of aromatic nitrogens is 3. The van der Waals surface area contributed by atoms with Gasteiger partial charge in [0.15, 0.2) is 0 Å². The van der Waals surface area contributed by atoms with E-state index in [1.807, 2.05) is 6.92 Å². The molecule has 0 aromatic carbocycles. The minimum Gasteiger partial charge on any atom is -0.463 e. The SMILES string of the molecule is CCCCC(CC)CNc1nc(NN)nc(OCCC)n1. The lowest BCUT2D eigenvalue weighted by atomic mass is 9.99. The minimum atomic E-state index is 0.295. The number of nitrogens with zero attached hydrogens (tertiary/aromatic N) is 3. The lowest BCUT2D eigenvalue weighted by Crippen LogP contribution is -2.18. The van der Waals surface area contributed by atoms with Gasteiger partial charge in [-0.15, -0.1) is 0 Å². The Balaban J connectivity index is 2.63. The van der Waals surface area contributed by atoms with Gasteiger partial charge in [-0.2, -0.15) is 15.0 Å². The number of hydrogen-bond donors (Lipinski definition) is 3. The van der Waals surface area contributed by atoms with Gasteiger partial charge in [-0.05, 0) is 18.8 Å². The van der Waals surface area contributed by atoms with E-state index in [0.717, 1.165) is 19.4 Å². The van der Waals surface area contributed by atoms with Crippen molar-refractivity contribution in [3.8, 4) is 6.01 Å². The molecule has 0 fully saturated rings. The number of ether oxygens (including phenoxy) is 1. The van der Waals surface area contributed by atoms with Gasteiger partial charge >= 0.3 is 6.01 Å². The van der Waals surface area contributed by atoms with Gasteiger partial charge in [0, 0.05) is 6.54 Å².